The molecule has 0 unspecified atom stereocenters. The second-order valence-electron chi connectivity index (χ2n) is 16.2. The van der Waals surface area contributed by atoms with Gasteiger partial charge in [0.15, 0.2) is 0 Å². The number of rotatable bonds is 8. The molecule has 63 heavy (non-hydrogen) atoms. The lowest BCUT2D eigenvalue weighted by atomic mass is 10.0. The van der Waals surface area contributed by atoms with Crippen LogP contribution in [0.3, 0.4) is 0 Å². The summed E-state index contributed by atoms with van der Waals surface area (Å²) < 4.78 is 7.13. The van der Waals surface area contributed by atoms with Gasteiger partial charge < -0.3 is 19.4 Å². The molecule has 298 valence electrons. The van der Waals surface area contributed by atoms with Crippen molar-refractivity contribution in [1.82, 2.24) is 13.7 Å². The number of allylic oxidation sites excluding steroid dienone is 1. The molecule has 0 aliphatic heterocycles. The number of hydrogen-bond acceptors (Lipinski definition) is 2. The fraction of sp³-hybridized carbons (Fsp3) is 0.0172. The predicted octanol–water partition coefficient (Wildman–Crippen LogP) is 14.0. The molecule has 0 amide bonds. The third-order valence-corrected chi connectivity index (χ3v) is 12.5. The van der Waals surface area contributed by atoms with E-state index in [1.165, 1.54) is 43.4 Å². The lowest BCUT2D eigenvalue weighted by Crippen LogP contribution is -2.08. The normalized spacial score (nSPS) is 12.4. The van der Waals surface area contributed by atoms with Gasteiger partial charge in [0.25, 0.3) is 0 Å². The van der Waals surface area contributed by atoms with Gasteiger partial charge in [-0.1, -0.05) is 152 Å². The molecule has 9 aromatic carbocycles. The van der Waals surface area contributed by atoms with Crippen molar-refractivity contribution < 1.29 is 0 Å². The van der Waals surface area contributed by atoms with Crippen molar-refractivity contribution >= 4 is 76.8 Å². The highest BCUT2D eigenvalue weighted by Gasteiger charge is 2.18. The van der Waals surface area contributed by atoms with Crippen LogP contribution in [0.5, 0.6) is 0 Å². The number of fused-ring (bicyclic) bond motifs is 9. The second-order valence-corrected chi connectivity index (χ2v) is 16.2. The minimum atomic E-state index is 0.464. The number of aliphatic imine (C=N–C) groups is 1. The molecule has 12 aromatic rings. The van der Waals surface area contributed by atoms with Gasteiger partial charge in [-0.3, -0.25) is 4.99 Å². The zero-order valence-electron chi connectivity index (χ0n) is 34.4. The Kier molecular flexibility index (Phi) is 8.64. The summed E-state index contributed by atoms with van der Waals surface area (Å²) in [5.74, 6) is 0. The Morgan fingerprint density at radius 2 is 0.714 bits per heavy atom. The molecule has 0 radical (unpaired) electrons. The third kappa shape index (κ3) is 6.13. The highest BCUT2D eigenvalue weighted by atomic mass is 15.0. The van der Waals surface area contributed by atoms with Crippen molar-refractivity contribution in [3.8, 4) is 17.1 Å². The van der Waals surface area contributed by atoms with Crippen molar-refractivity contribution in [2.45, 2.75) is 6.54 Å². The largest absolute Gasteiger partial charge is 0.398 e. The molecule has 0 bridgehead atoms. The second kappa shape index (κ2) is 14.9. The van der Waals surface area contributed by atoms with Crippen LogP contribution >= 0.6 is 0 Å². The molecule has 0 saturated carbocycles. The molecule has 0 aliphatic carbocycles. The zero-order chi connectivity index (χ0) is 41.9. The van der Waals surface area contributed by atoms with E-state index in [-0.39, 0.29) is 0 Å². The Hall–Kier alpha value is -8.41. The van der Waals surface area contributed by atoms with Crippen molar-refractivity contribution in [3.05, 3.63) is 241 Å². The number of aromatic nitrogens is 3. The Labute approximate surface area is 364 Å². The van der Waals surface area contributed by atoms with Gasteiger partial charge in [0.05, 0.1) is 45.4 Å². The van der Waals surface area contributed by atoms with Gasteiger partial charge in [0.2, 0.25) is 0 Å². The van der Waals surface area contributed by atoms with Crippen molar-refractivity contribution in [1.29, 1.82) is 0 Å². The molecule has 5 heteroatoms. The standard InChI is InChI=1S/C58H41N5/c59-51(40-16-2-1-3-17-40)37-52(60-38-39-30-32-42(33-31-39)61-53-24-10-4-18-45(53)46-19-5-11-25-54(46)61)41-34-43(62-55-26-12-6-20-47(55)48-21-7-13-27-56(48)62)36-44(35-41)63-57-28-14-8-22-49(57)50-23-9-15-29-58(50)63/h1-37H,38,59H2/b51-37-,60-52?. The van der Waals surface area contributed by atoms with E-state index in [4.69, 9.17) is 10.7 Å². The van der Waals surface area contributed by atoms with Crippen molar-refractivity contribution in [2.24, 2.45) is 10.7 Å². The first-order chi connectivity index (χ1) is 31.2. The molecule has 12 rings (SSSR count). The van der Waals surface area contributed by atoms with Crippen LogP contribution in [-0.4, -0.2) is 19.4 Å². The summed E-state index contributed by atoms with van der Waals surface area (Å²) >= 11 is 0. The maximum absolute atomic E-state index is 7.00. The van der Waals surface area contributed by atoms with Crippen LogP contribution in [0, 0.1) is 0 Å². The first-order valence-electron chi connectivity index (χ1n) is 21.5. The van der Waals surface area contributed by atoms with E-state index >= 15 is 0 Å². The van der Waals surface area contributed by atoms with E-state index in [2.05, 4.69) is 214 Å². The molecule has 0 saturated heterocycles. The number of benzene rings is 9. The SMILES string of the molecule is N/C(=C\C(=NCc1ccc(-n2c3ccccc3c3ccccc32)cc1)c1cc(-n2c3ccccc3c3ccccc32)cc(-n2c3ccccc3c3ccccc32)c1)c1ccccc1. The summed E-state index contributed by atoms with van der Waals surface area (Å²) in [5, 5.41) is 7.34. The molecule has 0 spiro atoms. The lowest BCUT2D eigenvalue weighted by Gasteiger charge is -2.16. The molecule has 0 atom stereocenters. The molecule has 2 N–H and O–H groups in total. The van der Waals surface area contributed by atoms with Crippen LogP contribution in [-0.2, 0) is 6.54 Å². The maximum atomic E-state index is 7.00. The minimum absolute atomic E-state index is 0.464. The van der Waals surface area contributed by atoms with Crippen LogP contribution in [0.4, 0.5) is 0 Å². The summed E-state index contributed by atoms with van der Waals surface area (Å²) in [7, 11) is 0. The topological polar surface area (TPSA) is 53.2 Å². The van der Waals surface area contributed by atoms with Gasteiger partial charge in [0, 0.05) is 60.6 Å². The van der Waals surface area contributed by atoms with E-state index in [1.807, 2.05) is 24.3 Å². The van der Waals surface area contributed by atoms with Gasteiger partial charge in [-0.2, -0.15) is 0 Å². The van der Waals surface area contributed by atoms with Gasteiger partial charge in [-0.15, -0.1) is 0 Å². The van der Waals surface area contributed by atoms with Gasteiger partial charge >= 0.3 is 0 Å². The van der Waals surface area contributed by atoms with Crippen LogP contribution in [0.2, 0.25) is 0 Å². The first kappa shape index (κ1) is 36.4. The fourth-order valence-corrected chi connectivity index (χ4v) is 9.61. The van der Waals surface area contributed by atoms with Gasteiger partial charge in [-0.25, -0.2) is 0 Å². The number of para-hydroxylation sites is 6. The molecule has 3 heterocycles. The van der Waals surface area contributed by atoms with E-state index in [9.17, 15) is 0 Å². The Morgan fingerprint density at radius 1 is 0.365 bits per heavy atom. The monoisotopic (exact) mass is 807 g/mol. The van der Waals surface area contributed by atoms with E-state index in [1.54, 1.807) is 0 Å². The van der Waals surface area contributed by atoms with Crippen LogP contribution in [0.15, 0.2) is 229 Å². The van der Waals surface area contributed by atoms with E-state index in [0.717, 1.165) is 61.5 Å². The third-order valence-electron chi connectivity index (χ3n) is 12.5. The summed E-state index contributed by atoms with van der Waals surface area (Å²) in [4.78, 5) is 5.45. The van der Waals surface area contributed by atoms with E-state index < -0.39 is 0 Å². The summed E-state index contributed by atoms with van der Waals surface area (Å²) in [6.07, 6.45) is 2.04. The average Bonchev–Trinajstić information content (AvgIpc) is 3.99. The van der Waals surface area contributed by atoms with Crippen molar-refractivity contribution in [2.75, 3.05) is 0 Å². The molecular weight excluding hydrogens is 767 g/mol. The molecule has 0 aliphatic rings. The highest BCUT2D eigenvalue weighted by molar-refractivity contribution is 6.15. The minimum Gasteiger partial charge on any atom is -0.398 e. The number of hydrogen-bond donors (Lipinski definition) is 1. The Morgan fingerprint density at radius 3 is 1.11 bits per heavy atom. The van der Waals surface area contributed by atoms with Crippen LogP contribution in [0.25, 0.3) is 88.2 Å². The number of nitrogens with two attached hydrogens (primary N) is 1. The maximum Gasteiger partial charge on any atom is 0.0672 e. The van der Waals surface area contributed by atoms with Crippen molar-refractivity contribution in [3.63, 3.8) is 0 Å². The molecule has 0 fully saturated rings. The van der Waals surface area contributed by atoms with Gasteiger partial charge in [0.1, 0.15) is 0 Å². The predicted molar refractivity (Wildman–Crippen MR) is 265 cm³/mol. The zero-order valence-corrected chi connectivity index (χ0v) is 34.4. The summed E-state index contributed by atoms with van der Waals surface area (Å²) in [6.45, 7) is 0.464. The first-order valence-corrected chi connectivity index (χ1v) is 21.5. The van der Waals surface area contributed by atoms with E-state index in [0.29, 0.717) is 12.2 Å². The molecule has 3 aromatic heterocycles. The smallest absolute Gasteiger partial charge is 0.0672 e. The van der Waals surface area contributed by atoms with Crippen LogP contribution in [0.1, 0.15) is 16.7 Å². The Balaban J connectivity index is 1.06. The molecule has 5 nitrogen and oxygen atoms in total. The Bertz CT molecular complexity index is 3470. The quantitative estimate of drug-likeness (QED) is 0.153. The average molecular weight is 808 g/mol. The summed E-state index contributed by atoms with van der Waals surface area (Å²) in [5.41, 5.74) is 21.6. The fourth-order valence-electron chi connectivity index (χ4n) is 9.61. The lowest BCUT2D eigenvalue weighted by molar-refractivity contribution is 1.06. The number of nitrogens with zero attached hydrogens (tertiary/aromatic N) is 4. The van der Waals surface area contributed by atoms with Gasteiger partial charge in [-0.05, 0) is 83.9 Å². The van der Waals surface area contributed by atoms with Crippen LogP contribution < -0.4 is 5.73 Å². The summed E-state index contributed by atoms with van der Waals surface area (Å²) in [6, 6.07) is 77.8. The highest BCUT2D eigenvalue weighted by Crippen LogP contribution is 2.37. The molecular formula is C58H41N5.